The molecule has 1 amide bonds. The first kappa shape index (κ1) is 14.3. The van der Waals surface area contributed by atoms with Crippen molar-refractivity contribution < 1.29 is 19.4 Å². The Morgan fingerprint density at radius 1 is 1.27 bits per heavy atom. The van der Waals surface area contributed by atoms with Crippen LogP contribution in [0.2, 0.25) is 0 Å². The van der Waals surface area contributed by atoms with E-state index in [1.54, 1.807) is 7.11 Å². The van der Waals surface area contributed by atoms with Gasteiger partial charge in [0.2, 0.25) is 5.91 Å². The van der Waals surface area contributed by atoms with Gasteiger partial charge in [0.05, 0.1) is 13.2 Å². The fourth-order valence-corrected chi connectivity index (χ4v) is 1.000. The summed E-state index contributed by atoms with van der Waals surface area (Å²) in [6.45, 7) is 1.89. The van der Waals surface area contributed by atoms with Crippen molar-refractivity contribution in [1.82, 2.24) is 5.32 Å². The van der Waals surface area contributed by atoms with Crippen LogP contribution in [0.25, 0.3) is 0 Å². The lowest BCUT2D eigenvalue weighted by molar-refractivity contribution is -0.126. The number of rotatable bonds is 10. The van der Waals surface area contributed by atoms with Gasteiger partial charge in [0.25, 0.3) is 0 Å². The van der Waals surface area contributed by atoms with Gasteiger partial charge >= 0.3 is 0 Å². The summed E-state index contributed by atoms with van der Waals surface area (Å²) >= 11 is 0. The number of ether oxygens (including phenoxy) is 2. The number of aliphatic hydroxyl groups excluding tert-OH is 1. The first-order valence-electron chi connectivity index (χ1n) is 5.25. The van der Waals surface area contributed by atoms with Gasteiger partial charge in [-0.25, -0.2) is 0 Å². The summed E-state index contributed by atoms with van der Waals surface area (Å²) in [6.07, 6.45) is 2.62. The van der Waals surface area contributed by atoms with Crippen LogP contribution in [0.4, 0.5) is 0 Å². The molecule has 0 aliphatic rings. The van der Waals surface area contributed by atoms with E-state index in [0.29, 0.717) is 19.8 Å². The van der Waals surface area contributed by atoms with Crippen LogP contribution >= 0.6 is 0 Å². The number of carbonyl (C=O) groups excluding carboxylic acids is 1. The average molecular weight is 219 g/mol. The maximum absolute atomic E-state index is 11.1. The van der Waals surface area contributed by atoms with Crippen molar-refractivity contribution in [2.75, 3.05) is 40.1 Å². The van der Waals surface area contributed by atoms with E-state index >= 15 is 0 Å². The van der Waals surface area contributed by atoms with Crippen LogP contribution < -0.4 is 5.32 Å². The lowest BCUT2D eigenvalue weighted by atomic mass is 10.2. The summed E-state index contributed by atoms with van der Waals surface area (Å²) in [6, 6.07) is 0. The highest BCUT2D eigenvalue weighted by Gasteiger charge is 1.99. The minimum absolute atomic E-state index is 0.0867. The molecule has 15 heavy (non-hydrogen) atoms. The Labute approximate surface area is 90.8 Å². The van der Waals surface area contributed by atoms with Crippen molar-refractivity contribution in [1.29, 1.82) is 0 Å². The van der Waals surface area contributed by atoms with E-state index in [1.807, 2.05) is 0 Å². The Bertz CT molecular complexity index is 152. The number of unbranched alkanes of at least 4 members (excludes halogenated alkanes) is 2. The van der Waals surface area contributed by atoms with Crippen LogP contribution in [0.3, 0.4) is 0 Å². The average Bonchev–Trinajstić information content (AvgIpc) is 2.24. The summed E-state index contributed by atoms with van der Waals surface area (Å²) in [5.41, 5.74) is 0. The lowest BCUT2D eigenvalue weighted by Gasteiger charge is -2.05. The summed E-state index contributed by atoms with van der Waals surface area (Å²) in [7, 11) is 1.59. The molecule has 0 radical (unpaired) electrons. The van der Waals surface area contributed by atoms with Gasteiger partial charge in [-0.1, -0.05) is 0 Å². The van der Waals surface area contributed by atoms with E-state index in [2.05, 4.69) is 5.32 Å². The highest BCUT2D eigenvalue weighted by atomic mass is 16.5. The van der Waals surface area contributed by atoms with E-state index < -0.39 is 0 Å². The molecule has 0 fully saturated rings. The van der Waals surface area contributed by atoms with Crippen LogP contribution in [0.5, 0.6) is 0 Å². The zero-order valence-corrected chi connectivity index (χ0v) is 9.33. The summed E-state index contributed by atoms with van der Waals surface area (Å²) < 4.78 is 9.81. The molecule has 0 rings (SSSR count). The van der Waals surface area contributed by atoms with E-state index in [1.165, 1.54) is 0 Å². The van der Waals surface area contributed by atoms with Crippen LogP contribution in [-0.2, 0) is 14.3 Å². The normalized spacial score (nSPS) is 10.3. The van der Waals surface area contributed by atoms with E-state index in [0.717, 1.165) is 19.3 Å². The van der Waals surface area contributed by atoms with Crippen molar-refractivity contribution in [2.24, 2.45) is 0 Å². The Kier molecular flexibility index (Phi) is 10.9. The lowest BCUT2D eigenvalue weighted by Crippen LogP contribution is -2.29. The molecule has 0 aliphatic heterocycles. The fraction of sp³-hybridized carbons (Fsp3) is 0.900. The quantitative estimate of drug-likeness (QED) is 0.505. The van der Waals surface area contributed by atoms with Gasteiger partial charge in [-0.15, -0.1) is 0 Å². The fourth-order valence-electron chi connectivity index (χ4n) is 1.000. The standard InChI is InChI=1S/C10H21NO4/c1-14-7-8-15-9-10(13)11-5-3-2-4-6-12/h12H,2-9H2,1H3,(H,11,13). The molecule has 90 valence electrons. The zero-order chi connectivity index (χ0) is 11.4. The van der Waals surface area contributed by atoms with Crippen LogP contribution in [0, 0.1) is 0 Å². The number of amides is 1. The molecular weight excluding hydrogens is 198 g/mol. The van der Waals surface area contributed by atoms with Gasteiger partial charge in [0.15, 0.2) is 0 Å². The molecule has 0 aliphatic carbocycles. The topological polar surface area (TPSA) is 67.8 Å². The van der Waals surface area contributed by atoms with E-state index in [4.69, 9.17) is 14.6 Å². The predicted molar refractivity (Wildman–Crippen MR) is 56.6 cm³/mol. The van der Waals surface area contributed by atoms with Crippen LogP contribution in [-0.4, -0.2) is 51.1 Å². The molecule has 0 aromatic heterocycles. The summed E-state index contributed by atoms with van der Waals surface area (Å²) in [5, 5.41) is 11.3. The van der Waals surface area contributed by atoms with Gasteiger partial charge < -0.3 is 19.9 Å². The Morgan fingerprint density at radius 2 is 2.07 bits per heavy atom. The molecular formula is C10H21NO4. The summed E-state index contributed by atoms with van der Waals surface area (Å²) in [5.74, 6) is -0.102. The highest BCUT2D eigenvalue weighted by molar-refractivity contribution is 5.77. The number of methoxy groups -OCH3 is 1. The molecule has 0 spiro atoms. The minimum Gasteiger partial charge on any atom is -0.396 e. The first-order valence-corrected chi connectivity index (χ1v) is 5.25. The minimum atomic E-state index is -0.102. The van der Waals surface area contributed by atoms with Gasteiger partial charge in [-0.2, -0.15) is 0 Å². The largest absolute Gasteiger partial charge is 0.396 e. The molecule has 0 aromatic carbocycles. The number of hydrogen-bond donors (Lipinski definition) is 2. The van der Waals surface area contributed by atoms with Gasteiger partial charge in [-0.3, -0.25) is 4.79 Å². The third-order valence-corrected chi connectivity index (χ3v) is 1.82. The molecule has 5 nitrogen and oxygen atoms in total. The number of carbonyl (C=O) groups is 1. The third-order valence-electron chi connectivity index (χ3n) is 1.82. The third kappa shape index (κ3) is 11.3. The molecule has 0 saturated carbocycles. The maximum Gasteiger partial charge on any atom is 0.245 e. The monoisotopic (exact) mass is 219 g/mol. The summed E-state index contributed by atoms with van der Waals surface area (Å²) in [4.78, 5) is 11.1. The molecule has 0 heterocycles. The van der Waals surface area contributed by atoms with Gasteiger partial charge in [0, 0.05) is 20.3 Å². The van der Waals surface area contributed by atoms with Gasteiger partial charge in [0.1, 0.15) is 6.61 Å². The molecule has 0 saturated heterocycles. The second-order valence-electron chi connectivity index (χ2n) is 3.18. The zero-order valence-electron chi connectivity index (χ0n) is 9.33. The molecule has 0 atom stereocenters. The van der Waals surface area contributed by atoms with Crippen molar-refractivity contribution in [2.45, 2.75) is 19.3 Å². The molecule has 0 aromatic rings. The van der Waals surface area contributed by atoms with Crippen LogP contribution in [0.1, 0.15) is 19.3 Å². The molecule has 0 bridgehead atoms. The number of hydrogen-bond acceptors (Lipinski definition) is 4. The smallest absolute Gasteiger partial charge is 0.245 e. The van der Waals surface area contributed by atoms with Crippen molar-refractivity contribution in [3.63, 3.8) is 0 Å². The Hall–Kier alpha value is -0.650. The molecule has 5 heteroatoms. The van der Waals surface area contributed by atoms with E-state index in [9.17, 15) is 4.79 Å². The first-order chi connectivity index (χ1) is 7.31. The predicted octanol–water partition coefficient (Wildman–Crippen LogP) is -0.0718. The highest BCUT2D eigenvalue weighted by Crippen LogP contribution is 1.91. The van der Waals surface area contributed by atoms with Crippen molar-refractivity contribution in [3.05, 3.63) is 0 Å². The number of aliphatic hydroxyl groups is 1. The second-order valence-corrected chi connectivity index (χ2v) is 3.18. The Morgan fingerprint density at radius 3 is 2.73 bits per heavy atom. The number of nitrogens with one attached hydrogen (secondary N) is 1. The molecule has 0 unspecified atom stereocenters. The SMILES string of the molecule is COCCOCC(=O)NCCCCCO. The van der Waals surface area contributed by atoms with Crippen molar-refractivity contribution >= 4 is 5.91 Å². The molecule has 2 N–H and O–H groups in total. The van der Waals surface area contributed by atoms with Crippen LogP contribution in [0.15, 0.2) is 0 Å². The van der Waals surface area contributed by atoms with Crippen molar-refractivity contribution in [3.8, 4) is 0 Å². The Balaban J connectivity index is 3.11. The van der Waals surface area contributed by atoms with E-state index in [-0.39, 0.29) is 19.1 Å². The van der Waals surface area contributed by atoms with Gasteiger partial charge in [-0.05, 0) is 19.3 Å². The second kappa shape index (κ2) is 11.4. The maximum atomic E-state index is 11.1.